The van der Waals surface area contributed by atoms with E-state index in [2.05, 4.69) is 21.2 Å². The minimum atomic E-state index is -0.493. The molecule has 0 fully saturated rings. The monoisotopic (exact) mass is 334 g/mol. The summed E-state index contributed by atoms with van der Waals surface area (Å²) in [5.74, 6) is 0. The van der Waals surface area contributed by atoms with Gasteiger partial charge in [-0.15, -0.1) is 11.3 Å². The Morgan fingerprint density at radius 2 is 2.28 bits per heavy atom. The third-order valence-corrected chi connectivity index (χ3v) is 4.08. The van der Waals surface area contributed by atoms with Gasteiger partial charge in [0.25, 0.3) is 0 Å². The minimum absolute atomic E-state index is 0.116. The summed E-state index contributed by atoms with van der Waals surface area (Å²) in [6, 6.07) is 1.87. The summed E-state index contributed by atoms with van der Waals surface area (Å²) in [4.78, 5) is 12.8. The van der Waals surface area contributed by atoms with Gasteiger partial charge in [0, 0.05) is 28.4 Å². The number of nitrogens with two attached hydrogens (primary N) is 1. The molecule has 0 aromatic carbocycles. The molecule has 0 radical (unpaired) electrons. The van der Waals surface area contributed by atoms with Crippen molar-refractivity contribution in [3.63, 3.8) is 0 Å². The van der Waals surface area contributed by atoms with Crippen molar-refractivity contribution < 1.29 is 9.53 Å². The second-order valence-electron chi connectivity index (χ2n) is 4.97. The molecule has 1 heterocycles. The van der Waals surface area contributed by atoms with Crippen LogP contribution in [0.25, 0.3) is 0 Å². The molecule has 1 unspecified atom stereocenters. The van der Waals surface area contributed by atoms with Gasteiger partial charge in [0.15, 0.2) is 0 Å². The zero-order chi connectivity index (χ0) is 13.8. The van der Waals surface area contributed by atoms with Gasteiger partial charge in [-0.25, -0.2) is 4.79 Å². The van der Waals surface area contributed by atoms with Crippen LogP contribution in [0.1, 0.15) is 25.6 Å². The number of hydrogen-bond donors (Lipinski definition) is 2. The van der Waals surface area contributed by atoms with E-state index in [1.165, 1.54) is 4.88 Å². The molecule has 18 heavy (non-hydrogen) atoms. The summed E-state index contributed by atoms with van der Waals surface area (Å²) in [5, 5.41) is 4.79. The average molecular weight is 335 g/mol. The van der Waals surface area contributed by atoms with E-state index < -0.39 is 11.7 Å². The molecule has 3 N–H and O–H groups in total. The Balaban J connectivity index is 2.52. The van der Waals surface area contributed by atoms with E-state index >= 15 is 0 Å². The molecule has 1 aromatic rings. The lowest BCUT2D eigenvalue weighted by Crippen LogP contribution is -2.44. The van der Waals surface area contributed by atoms with Gasteiger partial charge in [0.2, 0.25) is 0 Å². The van der Waals surface area contributed by atoms with E-state index in [9.17, 15) is 4.79 Å². The van der Waals surface area contributed by atoms with Crippen molar-refractivity contribution in [3.05, 3.63) is 20.8 Å². The molecular formula is C12H19BrN2O2S. The molecule has 1 aromatic heterocycles. The van der Waals surface area contributed by atoms with Crippen molar-refractivity contribution in [2.45, 2.75) is 38.8 Å². The summed E-state index contributed by atoms with van der Waals surface area (Å²) in [6.07, 6.45) is 0.277. The van der Waals surface area contributed by atoms with Crippen LogP contribution in [0.4, 0.5) is 4.79 Å². The van der Waals surface area contributed by atoms with Crippen LogP contribution >= 0.6 is 27.3 Å². The fourth-order valence-corrected chi connectivity index (χ4v) is 2.96. The number of rotatable bonds is 4. The van der Waals surface area contributed by atoms with Gasteiger partial charge in [-0.3, -0.25) is 0 Å². The highest BCUT2D eigenvalue weighted by atomic mass is 79.9. The van der Waals surface area contributed by atoms with Crippen molar-refractivity contribution in [3.8, 4) is 0 Å². The van der Waals surface area contributed by atoms with Gasteiger partial charge in [-0.1, -0.05) is 0 Å². The first-order valence-corrected chi connectivity index (χ1v) is 7.40. The summed E-state index contributed by atoms with van der Waals surface area (Å²) in [6.45, 7) is 5.88. The van der Waals surface area contributed by atoms with E-state index in [4.69, 9.17) is 10.5 Å². The highest BCUT2D eigenvalue weighted by Crippen LogP contribution is 2.23. The van der Waals surface area contributed by atoms with Crippen molar-refractivity contribution >= 4 is 33.4 Å². The molecule has 1 atom stereocenters. The summed E-state index contributed by atoms with van der Waals surface area (Å²) >= 11 is 5.10. The highest BCUT2D eigenvalue weighted by molar-refractivity contribution is 9.10. The van der Waals surface area contributed by atoms with Gasteiger partial charge >= 0.3 is 6.09 Å². The van der Waals surface area contributed by atoms with Crippen LogP contribution in [0, 0.1) is 0 Å². The van der Waals surface area contributed by atoms with Crippen LogP contribution in [-0.2, 0) is 11.2 Å². The Morgan fingerprint density at radius 3 is 2.72 bits per heavy atom. The smallest absolute Gasteiger partial charge is 0.407 e. The SMILES string of the molecule is CC(C)(C)OC(=O)NC(CN)Cc1sccc1Br. The second-order valence-corrected chi connectivity index (χ2v) is 6.83. The Labute approximate surface area is 120 Å². The van der Waals surface area contributed by atoms with Crippen LogP contribution < -0.4 is 11.1 Å². The zero-order valence-electron chi connectivity index (χ0n) is 10.8. The number of amides is 1. The van der Waals surface area contributed by atoms with Crippen molar-refractivity contribution in [2.75, 3.05) is 6.54 Å². The van der Waals surface area contributed by atoms with Crippen LogP contribution in [0.2, 0.25) is 0 Å². The third kappa shape index (κ3) is 5.37. The van der Waals surface area contributed by atoms with Crippen molar-refractivity contribution in [1.29, 1.82) is 0 Å². The average Bonchev–Trinajstić information content (AvgIpc) is 2.60. The molecule has 0 saturated carbocycles. The molecule has 4 nitrogen and oxygen atoms in total. The first-order chi connectivity index (χ1) is 8.31. The molecule has 0 bridgehead atoms. The molecule has 1 amide bonds. The van der Waals surface area contributed by atoms with Crippen LogP contribution in [0.15, 0.2) is 15.9 Å². The van der Waals surface area contributed by atoms with Gasteiger partial charge in [-0.2, -0.15) is 0 Å². The molecule has 0 aliphatic carbocycles. The first kappa shape index (κ1) is 15.5. The standard InChI is InChI=1S/C12H19BrN2O2S/c1-12(2,3)17-11(16)15-8(7-14)6-10-9(13)4-5-18-10/h4-5,8H,6-7,14H2,1-3H3,(H,15,16). The number of thiophene rings is 1. The first-order valence-electron chi connectivity index (χ1n) is 5.73. The molecular weight excluding hydrogens is 316 g/mol. The largest absolute Gasteiger partial charge is 0.444 e. The fourth-order valence-electron chi connectivity index (χ4n) is 1.36. The van der Waals surface area contributed by atoms with Crippen LogP contribution in [0.5, 0.6) is 0 Å². The lowest BCUT2D eigenvalue weighted by atomic mass is 10.2. The quantitative estimate of drug-likeness (QED) is 0.889. The van der Waals surface area contributed by atoms with Crippen molar-refractivity contribution in [2.24, 2.45) is 5.73 Å². The van der Waals surface area contributed by atoms with E-state index in [0.29, 0.717) is 13.0 Å². The fraction of sp³-hybridized carbons (Fsp3) is 0.583. The Bertz CT molecular complexity index is 401. The summed E-state index contributed by atoms with van der Waals surface area (Å²) in [5.41, 5.74) is 5.18. The second kappa shape index (κ2) is 6.54. The summed E-state index contributed by atoms with van der Waals surface area (Å²) < 4.78 is 6.26. The van der Waals surface area contributed by atoms with Gasteiger partial charge in [0.1, 0.15) is 5.60 Å². The number of alkyl carbamates (subject to hydrolysis) is 1. The van der Waals surface area contributed by atoms with Gasteiger partial charge < -0.3 is 15.8 Å². The normalized spacial score (nSPS) is 13.2. The van der Waals surface area contributed by atoms with E-state index in [-0.39, 0.29) is 6.04 Å². The molecule has 1 rings (SSSR count). The van der Waals surface area contributed by atoms with E-state index in [1.54, 1.807) is 11.3 Å². The molecule has 0 spiro atoms. The van der Waals surface area contributed by atoms with E-state index in [1.807, 2.05) is 32.2 Å². The highest BCUT2D eigenvalue weighted by Gasteiger charge is 2.19. The predicted molar refractivity (Wildman–Crippen MR) is 77.9 cm³/mol. The maximum absolute atomic E-state index is 11.6. The lowest BCUT2D eigenvalue weighted by Gasteiger charge is -2.22. The number of carbonyl (C=O) groups is 1. The molecule has 0 saturated heterocycles. The third-order valence-electron chi connectivity index (χ3n) is 2.13. The van der Waals surface area contributed by atoms with Crippen LogP contribution in [0.3, 0.4) is 0 Å². The molecule has 6 heteroatoms. The van der Waals surface area contributed by atoms with Gasteiger partial charge in [-0.05, 0) is 48.1 Å². The predicted octanol–water partition coefficient (Wildman–Crippen LogP) is 2.91. The zero-order valence-corrected chi connectivity index (χ0v) is 13.2. The van der Waals surface area contributed by atoms with E-state index in [0.717, 1.165) is 4.47 Å². The maximum Gasteiger partial charge on any atom is 0.407 e. The van der Waals surface area contributed by atoms with Gasteiger partial charge in [0.05, 0.1) is 0 Å². The number of carbonyl (C=O) groups excluding carboxylic acids is 1. The van der Waals surface area contributed by atoms with Crippen molar-refractivity contribution in [1.82, 2.24) is 5.32 Å². The molecule has 0 aliphatic heterocycles. The molecule has 102 valence electrons. The number of hydrogen-bond acceptors (Lipinski definition) is 4. The number of halogens is 1. The topological polar surface area (TPSA) is 64.3 Å². The maximum atomic E-state index is 11.6. The number of ether oxygens (including phenoxy) is 1. The minimum Gasteiger partial charge on any atom is -0.444 e. The Morgan fingerprint density at radius 1 is 1.61 bits per heavy atom. The lowest BCUT2D eigenvalue weighted by molar-refractivity contribution is 0.0506. The Kier molecular flexibility index (Phi) is 5.62. The molecule has 0 aliphatic rings. The Hall–Kier alpha value is -0.590. The summed E-state index contributed by atoms with van der Waals surface area (Å²) in [7, 11) is 0. The number of nitrogens with one attached hydrogen (secondary N) is 1. The van der Waals surface area contributed by atoms with Crippen LogP contribution in [-0.4, -0.2) is 24.3 Å².